The van der Waals surface area contributed by atoms with E-state index in [9.17, 15) is 9.59 Å². The minimum Gasteiger partial charge on any atom is -0.495 e. The van der Waals surface area contributed by atoms with Crippen molar-refractivity contribution in [2.24, 2.45) is 0 Å². The lowest BCUT2D eigenvalue weighted by Crippen LogP contribution is -2.33. The van der Waals surface area contributed by atoms with E-state index in [-0.39, 0.29) is 24.8 Å². The van der Waals surface area contributed by atoms with Gasteiger partial charge in [0.25, 0.3) is 0 Å². The van der Waals surface area contributed by atoms with Crippen LogP contribution >= 0.6 is 11.6 Å². The van der Waals surface area contributed by atoms with Crippen molar-refractivity contribution >= 4 is 40.0 Å². The van der Waals surface area contributed by atoms with Crippen LogP contribution in [0.1, 0.15) is 5.56 Å². The third-order valence-electron chi connectivity index (χ3n) is 3.91. The first-order chi connectivity index (χ1) is 12.6. The molecular formula is C19H18ClN3O3. The summed E-state index contributed by atoms with van der Waals surface area (Å²) in [5.41, 5.74) is 2.40. The number of halogens is 1. The molecule has 0 aliphatic rings. The molecule has 2 aromatic carbocycles. The lowest BCUT2D eigenvalue weighted by atomic mass is 10.1. The van der Waals surface area contributed by atoms with Crippen LogP contribution in [-0.4, -0.2) is 30.5 Å². The Morgan fingerprint density at radius 3 is 2.73 bits per heavy atom. The number of carbonyl (C=O) groups excluding carboxylic acids is 2. The topological polar surface area (TPSA) is 83.2 Å². The van der Waals surface area contributed by atoms with Crippen LogP contribution in [0.3, 0.4) is 0 Å². The van der Waals surface area contributed by atoms with Gasteiger partial charge >= 0.3 is 0 Å². The van der Waals surface area contributed by atoms with Gasteiger partial charge in [-0.15, -0.1) is 0 Å². The standard InChI is InChI=1S/C19H18ClN3O3/c1-26-17-7-6-13(9-15(17)20)23-19(25)11-22-18(24)8-12-10-21-16-5-3-2-4-14(12)16/h2-7,9-10,21H,8,11H2,1H3,(H,22,24)(H,23,25). The van der Waals surface area contributed by atoms with Crippen molar-refractivity contribution in [1.29, 1.82) is 0 Å². The molecule has 0 saturated heterocycles. The first kappa shape index (κ1) is 17.8. The number of aromatic nitrogens is 1. The summed E-state index contributed by atoms with van der Waals surface area (Å²) in [6, 6.07) is 12.7. The van der Waals surface area contributed by atoms with Crippen molar-refractivity contribution < 1.29 is 14.3 Å². The van der Waals surface area contributed by atoms with Crippen LogP contribution in [0.4, 0.5) is 5.69 Å². The van der Waals surface area contributed by atoms with E-state index < -0.39 is 0 Å². The number of aromatic amines is 1. The number of para-hydroxylation sites is 1. The van der Waals surface area contributed by atoms with Gasteiger partial charge in [0.05, 0.1) is 25.1 Å². The fourth-order valence-electron chi connectivity index (χ4n) is 2.64. The Kier molecular flexibility index (Phi) is 5.43. The zero-order chi connectivity index (χ0) is 18.5. The van der Waals surface area contributed by atoms with E-state index in [1.807, 2.05) is 30.5 Å². The third kappa shape index (κ3) is 4.15. The van der Waals surface area contributed by atoms with Crippen molar-refractivity contribution in [1.82, 2.24) is 10.3 Å². The Hall–Kier alpha value is -2.99. The van der Waals surface area contributed by atoms with Crippen molar-refractivity contribution in [3.8, 4) is 5.75 Å². The molecule has 0 bridgehead atoms. The molecule has 1 aromatic heterocycles. The van der Waals surface area contributed by atoms with Crippen LogP contribution in [0, 0.1) is 0 Å². The van der Waals surface area contributed by atoms with E-state index >= 15 is 0 Å². The lowest BCUT2D eigenvalue weighted by molar-refractivity contribution is -0.123. The molecule has 0 aliphatic heterocycles. The van der Waals surface area contributed by atoms with E-state index in [4.69, 9.17) is 16.3 Å². The third-order valence-corrected chi connectivity index (χ3v) is 4.20. The lowest BCUT2D eigenvalue weighted by Gasteiger charge is -2.09. The molecule has 2 amide bonds. The molecule has 1 heterocycles. The molecule has 7 heteroatoms. The van der Waals surface area contributed by atoms with Gasteiger partial charge in [0.15, 0.2) is 0 Å². The zero-order valence-electron chi connectivity index (χ0n) is 14.1. The van der Waals surface area contributed by atoms with E-state index in [0.717, 1.165) is 16.5 Å². The smallest absolute Gasteiger partial charge is 0.243 e. The summed E-state index contributed by atoms with van der Waals surface area (Å²) in [6.07, 6.45) is 2.01. The molecule has 0 spiro atoms. The summed E-state index contributed by atoms with van der Waals surface area (Å²) in [5.74, 6) is -0.0344. The summed E-state index contributed by atoms with van der Waals surface area (Å²) >= 11 is 6.02. The van der Waals surface area contributed by atoms with E-state index in [1.54, 1.807) is 18.2 Å². The van der Waals surface area contributed by atoms with Crippen molar-refractivity contribution in [2.75, 3.05) is 19.0 Å². The number of hydrogen-bond acceptors (Lipinski definition) is 3. The number of rotatable bonds is 6. The number of benzene rings is 2. The van der Waals surface area contributed by atoms with Gasteiger partial charge in [-0.1, -0.05) is 29.8 Å². The SMILES string of the molecule is COc1ccc(NC(=O)CNC(=O)Cc2c[nH]c3ccccc23)cc1Cl. The fraction of sp³-hybridized carbons (Fsp3) is 0.158. The van der Waals surface area contributed by atoms with Gasteiger partial charge in [-0.05, 0) is 29.8 Å². The van der Waals surface area contributed by atoms with E-state index in [0.29, 0.717) is 16.5 Å². The fourth-order valence-corrected chi connectivity index (χ4v) is 2.90. The summed E-state index contributed by atoms with van der Waals surface area (Å²) < 4.78 is 5.06. The molecule has 0 fully saturated rings. The van der Waals surface area contributed by atoms with Gasteiger partial charge in [-0.3, -0.25) is 9.59 Å². The molecule has 0 saturated carbocycles. The molecule has 3 rings (SSSR count). The maximum absolute atomic E-state index is 12.1. The molecule has 0 radical (unpaired) electrons. The molecule has 0 aliphatic carbocycles. The Morgan fingerprint density at radius 1 is 1.15 bits per heavy atom. The molecule has 0 atom stereocenters. The number of amides is 2. The van der Waals surface area contributed by atoms with Gasteiger partial charge in [-0.25, -0.2) is 0 Å². The molecule has 134 valence electrons. The second kappa shape index (κ2) is 7.93. The number of methoxy groups -OCH3 is 1. The zero-order valence-corrected chi connectivity index (χ0v) is 14.9. The number of fused-ring (bicyclic) bond motifs is 1. The maximum atomic E-state index is 12.1. The minimum absolute atomic E-state index is 0.120. The number of H-pyrrole nitrogens is 1. The number of hydrogen-bond donors (Lipinski definition) is 3. The number of carbonyl (C=O) groups is 2. The molecule has 3 aromatic rings. The normalized spacial score (nSPS) is 10.5. The first-order valence-electron chi connectivity index (χ1n) is 8.02. The van der Waals surface area contributed by atoms with Crippen molar-refractivity contribution in [3.63, 3.8) is 0 Å². The number of anilines is 1. The highest BCUT2D eigenvalue weighted by Gasteiger charge is 2.11. The Labute approximate surface area is 155 Å². The van der Waals surface area contributed by atoms with Crippen LogP contribution < -0.4 is 15.4 Å². The highest BCUT2D eigenvalue weighted by atomic mass is 35.5. The summed E-state index contributed by atoms with van der Waals surface area (Å²) in [4.78, 5) is 27.2. The van der Waals surface area contributed by atoms with Crippen LogP contribution in [0.15, 0.2) is 48.7 Å². The van der Waals surface area contributed by atoms with Gasteiger partial charge in [0, 0.05) is 22.8 Å². The predicted molar refractivity (Wildman–Crippen MR) is 102 cm³/mol. The van der Waals surface area contributed by atoms with Crippen LogP contribution in [0.25, 0.3) is 10.9 Å². The van der Waals surface area contributed by atoms with Gasteiger partial charge in [-0.2, -0.15) is 0 Å². The Morgan fingerprint density at radius 2 is 1.96 bits per heavy atom. The van der Waals surface area contributed by atoms with Gasteiger partial charge in [0.2, 0.25) is 11.8 Å². The number of nitrogens with one attached hydrogen (secondary N) is 3. The highest BCUT2D eigenvalue weighted by Crippen LogP contribution is 2.27. The average molecular weight is 372 g/mol. The Bertz CT molecular complexity index is 952. The first-order valence-corrected chi connectivity index (χ1v) is 8.39. The highest BCUT2D eigenvalue weighted by molar-refractivity contribution is 6.32. The van der Waals surface area contributed by atoms with E-state index in [1.165, 1.54) is 7.11 Å². The van der Waals surface area contributed by atoms with Crippen molar-refractivity contribution in [2.45, 2.75) is 6.42 Å². The monoisotopic (exact) mass is 371 g/mol. The van der Waals surface area contributed by atoms with Crippen LogP contribution in [-0.2, 0) is 16.0 Å². The minimum atomic E-state index is -0.335. The second-order valence-corrected chi connectivity index (χ2v) is 6.12. The average Bonchev–Trinajstić information content (AvgIpc) is 3.03. The summed E-state index contributed by atoms with van der Waals surface area (Å²) in [7, 11) is 1.52. The van der Waals surface area contributed by atoms with Crippen molar-refractivity contribution in [3.05, 3.63) is 59.2 Å². The van der Waals surface area contributed by atoms with Crippen LogP contribution in [0.2, 0.25) is 5.02 Å². The van der Waals surface area contributed by atoms with E-state index in [2.05, 4.69) is 15.6 Å². The summed E-state index contributed by atoms with van der Waals surface area (Å²) in [6.45, 7) is -0.120. The van der Waals surface area contributed by atoms with Crippen LogP contribution in [0.5, 0.6) is 5.75 Å². The molecule has 26 heavy (non-hydrogen) atoms. The molecule has 3 N–H and O–H groups in total. The Balaban J connectivity index is 1.52. The van der Waals surface area contributed by atoms with Gasteiger partial charge in [0.1, 0.15) is 5.75 Å². The maximum Gasteiger partial charge on any atom is 0.243 e. The van der Waals surface area contributed by atoms with Gasteiger partial charge < -0.3 is 20.4 Å². The second-order valence-electron chi connectivity index (χ2n) is 5.71. The summed E-state index contributed by atoms with van der Waals surface area (Å²) in [5, 5.41) is 6.70. The largest absolute Gasteiger partial charge is 0.495 e. The molecule has 0 unspecified atom stereocenters. The quantitative estimate of drug-likeness (QED) is 0.622. The molecule has 6 nitrogen and oxygen atoms in total. The molecular weight excluding hydrogens is 354 g/mol. The predicted octanol–water partition coefficient (Wildman–Crippen LogP) is 3.13. The number of ether oxygens (including phenoxy) is 1.